The molecule has 4 rings (SSSR count). The van der Waals surface area contributed by atoms with E-state index in [9.17, 15) is 18.0 Å². The zero-order valence-corrected chi connectivity index (χ0v) is 20.1. The highest BCUT2D eigenvalue weighted by Gasteiger charge is 2.29. The summed E-state index contributed by atoms with van der Waals surface area (Å²) < 4.78 is 44.2. The van der Waals surface area contributed by atoms with Crippen molar-refractivity contribution >= 4 is 29.1 Å². The van der Waals surface area contributed by atoms with Gasteiger partial charge in [0.15, 0.2) is 6.10 Å². The summed E-state index contributed by atoms with van der Waals surface area (Å²) >= 11 is 12.4. The lowest BCUT2D eigenvalue weighted by Crippen LogP contribution is -2.23. The zero-order chi connectivity index (χ0) is 25.7. The average molecular weight is 531 g/mol. The Morgan fingerprint density at radius 3 is 2.22 bits per heavy atom. The quantitative estimate of drug-likeness (QED) is 0.269. The van der Waals surface area contributed by atoms with E-state index in [2.05, 4.69) is 10.3 Å². The third-order valence-electron chi connectivity index (χ3n) is 5.33. The molecule has 0 aliphatic rings. The molecule has 0 aliphatic carbocycles. The van der Waals surface area contributed by atoms with E-state index in [1.54, 1.807) is 30.3 Å². The molecule has 4 aromatic rings. The van der Waals surface area contributed by atoms with E-state index in [1.165, 1.54) is 18.3 Å². The lowest BCUT2D eigenvalue weighted by atomic mass is 10.0. The molecule has 0 saturated heterocycles. The predicted molar refractivity (Wildman–Crippen MR) is 132 cm³/mol. The summed E-state index contributed by atoms with van der Waals surface area (Å²) in [7, 11) is 0. The Hall–Kier alpha value is -3.55. The highest BCUT2D eigenvalue weighted by Crippen LogP contribution is 2.33. The molecule has 184 valence electrons. The fraction of sp³-hybridized carbons (Fsp3) is 0.111. The molecule has 1 atom stereocenters. The van der Waals surface area contributed by atoms with Gasteiger partial charge < -0.3 is 10.1 Å². The lowest BCUT2D eigenvalue weighted by Gasteiger charge is -2.20. The van der Waals surface area contributed by atoms with Gasteiger partial charge >= 0.3 is 6.18 Å². The number of amides is 1. The first-order valence-corrected chi connectivity index (χ1v) is 11.5. The highest BCUT2D eigenvalue weighted by molar-refractivity contribution is 6.31. The largest absolute Gasteiger partial charge is 0.464 e. The normalized spacial score (nSPS) is 12.1. The van der Waals surface area contributed by atoms with Gasteiger partial charge in [-0.25, -0.2) is 4.98 Å². The third-order valence-corrected chi connectivity index (χ3v) is 5.93. The summed E-state index contributed by atoms with van der Waals surface area (Å²) in [5, 5.41) is 3.78. The van der Waals surface area contributed by atoms with Gasteiger partial charge in [0.05, 0.1) is 11.1 Å². The minimum absolute atomic E-state index is 0.0698. The first kappa shape index (κ1) is 25.5. The van der Waals surface area contributed by atoms with E-state index in [0.717, 1.165) is 23.3 Å². The minimum Gasteiger partial charge on any atom is -0.464 e. The van der Waals surface area contributed by atoms with Gasteiger partial charge in [-0.3, -0.25) is 4.79 Å². The second-order valence-electron chi connectivity index (χ2n) is 7.83. The molecule has 1 N–H and O–H groups in total. The third kappa shape index (κ3) is 6.36. The molecule has 9 heteroatoms. The fourth-order valence-electron chi connectivity index (χ4n) is 3.44. The van der Waals surface area contributed by atoms with Crippen LogP contribution >= 0.6 is 23.2 Å². The van der Waals surface area contributed by atoms with Gasteiger partial charge in [-0.15, -0.1) is 0 Å². The van der Waals surface area contributed by atoms with Crippen LogP contribution in [0.4, 0.5) is 13.2 Å². The number of carbonyl (C=O) groups excluding carboxylic acids is 1. The van der Waals surface area contributed by atoms with Crippen LogP contribution in [0, 0.1) is 0 Å². The smallest absolute Gasteiger partial charge is 0.416 e. The second kappa shape index (κ2) is 11.0. The predicted octanol–water partition coefficient (Wildman–Crippen LogP) is 7.51. The average Bonchev–Trinajstić information content (AvgIpc) is 2.87. The van der Waals surface area contributed by atoms with Gasteiger partial charge in [-0.2, -0.15) is 13.2 Å². The second-order valence-corrected chi connectivity index (χ2v) is 8.68. The van der Waals surface area contributed by atoms with Crippen molar-refractivity contribution in [3.63, 3.8) is 0 Å². The van der Waals surface area contributed by atoms with Crippen LogP contribution < -0.4 is 10.1 Å². The number of hydrogen-bond donors (Lipinski definition) is 1. The van der Waals surface area contributed by atoms with E-state index in [-0.39, 0.29) is 18.0 Å². The number of rotatable bonds is 7. The number of carbonyl (C=O) groups is 1. The minimum atomic E-state index is -4.41. The van der Waals surface area contributed by atoms with E-state index in [1.807, 2.05) is 30.3 Å². The molecule has 1 unspecified atom stereocenters. The SMILES string of the molecule is O=C(NCc1ccc(C(F)(F)F)cc1)c1ccc(OC(c2ccc(Cl)cc2)c2ccccc2Cl)nc1. The molecule has 36 heavy (non-hydrogen) atoms. The molecule has 0 spiro atoms. The molecule has 0 fully saturated rings. The summed E-state index contributed by atoms with van der Waals surface area (Å²) in [5.41, 5.74) is 1.62. The summed E-state index contributed by atoms with van der Waals surface area (Å²) in [5.74, 6) is -0.150. The molecule has 1 amide bonds. The molecule has 0 aliphatic heterocycles. The molecular weight excluding hydrogens is 512 g/mol. The van der Waals surface area contributed by atoms with E-state index in [4.69, 9.17) is 27.9 Å². The van der Waals surface area contributed by atoms with Crippen LogP contribution in [0.3, 0.4) is 0 Å². The number of nitrogens with one attached hydrogen (secondary N) is 1. The van der Waals surface area contributed by atoms with Crippen LogP contribution in [-0.2, 0) is 12.7 Å². The summed E-state index contributed by atoms with van der Waals surface area (Å²) in [6.07, 6.45) is -3.61. The Labute approximate surface area is 215 Å². The first-order chi connectivity index (χ1) is 17.2. The van der Waals surface area contributed by atoms with Crippen molar-refractivity contribution in [3.05, 3.63) is 129 Å². The van der Waals surface area contributed by atoms with E-state index >= 15 is 0 Å². The topological polar surface area (TPSA) is 51.2 Å². The molecule has 4 nitrogen and oxygen atoms in total. The van der Waals surface area contributed by atoms with Gasteiger partial charge in [-0.05, 0) is 47.5 Å². The van der Waals surface area contributed by atoms with E-state index in [0.29, 0.717) is 15.6 Å². The number of aromatic nitrogens is 1. The van der Waals surface area contributed by atoms with Crippen LogP contribution in [0.15, 0.2) is 91.1 Å². The van der Waals surface area contributed by atoms with Gasteiger partial charge in [0.2, 0.25) is 5.88 Å². The van der Waals surface area contributed by atoms with Gasteiger partial charge in [0.1, 0.15) is 0 Å². The highest BCUT2D eigenvalue weighted by atomic mass is 35.5. The number of halogens is 5. The summed E-state index contributed by atoms with van der Waals surface area (Å²) in [6.45, 7) is 0.0698. The van der Waals surface area contributed by atoms with Crippen LogP contribution in [-0.4, -0.2) is 10.9 Å². The summed E-state index contributed by atoms with van der Waals surface area (Å²) in [6, 6.07) is 22.2. The number of alkyl halides is 3. The van der Waals surface area contributed by atoms with Gasteiger partial charge in [0.25, 0.3) is 5.91 Å². The maximum absolute atomic E-state index is 12.7. The van der Waals surface area contributed by atoms with Crippen molar-refractivity contribution in [1.82, 2.24) is 10.3 Å². The zero-order valence-electron chi connectivity index (χ0n) is 18.6. The molecular formula is C27H19Cl2F3N2O2. The maximum Gasteiger partial charge on any atom is 0.416 e. The Kier molecular flexibility index (Phi) is 7.82. The number of nitrogens with zero attached hydrogens (tertiary/aromatic N) is 1. The van der Waals surface area contributed by atoms with Crippen LogP contribution in [0.25, 0.3) is 0 Å². The fourth-order valence-corrected chi connectivity index (χ4v) is 3.80. The Morgan fingerprint density at radius 2 is 1.61 bits per heavy atom. The number of hydrogen-bond acceptors (Lipinski definition) is 3. The van der Waals surface area contributed by atoms with Crippen molar-refractivity contribution in [1.29, 1.82) is 0 Å². The number of pyridine rings is 1. The van der Waals surface area contributed by atoms with E-state index < -0.39 is 23.8 Å². The Bertz CT molecular complexity index is 1330. The van der Waals surface area contributed by atoms with Gasteiger partial charge in [0, 0.05) is 34.4 Å². The van der Waals surface area contributed by atoms with Crippen molar-refractivity contribution < 1.29 is 22.7 Å². The number of ether oxygens (including phenoxy) is 1. The lowest BCUT2D eigenvalue weighted by molar-refractivity contribution is -0.137. The standard InChI is InChI=1S/C27H19Cl2F3N2O2/c28-21-12-7-18(8-13-21)25(22-3-1-2-4-23(22)29)36-24-14-9-19(16-33-24)26(35)34-15-17-5-10-20(11-6-17)27(30,31)32/h1-14,16,25H,15H2,(H,34,35). The Morgan fingerprint density at radius 1 is 0.917 bits per heavy atom. The molecule has 0 bridgehead atoms. The van der Waals surface area contributed by atoms with Crippen molar-refractivity contribution in [3.8, 4) is 5.88 Å². The summed E-state index contributed by atoms with van der Waals surface area (Å²) in [4.78, 5) is 16.7. The molecule has 3 aromatic carbocycles. The van der Waals surface area contributed by atoms with Crippen molar-refractivity contribution in [2.24, 2.45) is 0 Å². The molecule has 1 heterocycles. The van der Waals surface area contributed by atoms with Gasteiger partial charge in [-0.1, -0.05) is 65.7 Å². The molecule has 0 saturated carbocycles. The van der Waals surface area contributed by atoms with Crippen LogP contribution in [0.1, 0.15) is 38.7 Å². The molecule has 0 radical (unpaired) electrons. The van der Waals surface area contributed by atoms with Crippen molar-refractivity contribution in [2.75, 3.05) is 0 Å². The van der Waals surface area contributed by atoms with Crippen LogP contribution in [0.2, 0.25) is 10.0 Å². The maximum atomic E-state index is 12.7. The van der Waals surface area contributed by atoms with Crippen LogP contribution in [0.5, 0.6) is 5.88 Å². The van der Waals surface area contributed by atoms with Crippen molar-refractivity contribution in [2.45, 2.75) is 18.8 Å². The molecule has 1 aromatic heterocycles. The Balaban J connectivity index is 1.45. The first-order valence-electron chi connectivity index (χ1n) is 10.8. The monoisotopic (exact) mass is 530 g/mol. The number of benzene rings is 3.